The number of rotatable bonds is 5. The van der Waals surface area contributed by atoms with Crippen LogP contribution in [0.4, 0.5) is 4.79 Å². The van der Waals surface area contributed by atoms with Gasteiger partial charge in [-0.05, 0) is 50.1 Å². The number of carbonyl (C=O) groups excluding carboxylic acids is 3. The molecule has 8 heteroatoms. The molecule has 0 bridgehead atoms. The van der Waals surface area contributed by atoms with Gasteiger partial charge in [0.15, 0.2) is 0 Å². The molecule has 25 heavy (non-hydrogen) atoms. The van der Waals surface area contributed by atoms with Crippen LogP contribution in [-0.2, 0) is 16.1 Å². The number of urea groups is 1. The van der Waals surface area contributed by atoms with E-state index in [9.17, 15) is 14.4 Å². The summed E-state index contributed by atoms with van der Waals surface area (Å²) < 4.78 is 0. The lowest BCUT2D eigenvalue weighted by molar-refractivity contribution is -0.140. The molecule has 0 atom stereocenters. The number of nitrogens with zero attached hydrogens (tertiary/aromatic N) is 2. The van der Waals surface area contributed by atoms with Gasteiger partial charge in [-0.1, -0.05) is 13.0 Å². The molecular weight excluding hydrogens is 340 g/mol. The fourth-order valence-electron chi connectivity index (χ4n) is 3.45. The molecule has 1 saturated heterocycles. The highest BCUT2D eigenvalue weighted by Gasteiger charge is 2.52. The number of thiophene rings is 1. The fraction of sp³-hybridized carbons (Fsp3) is 0.588. The minimum atomic E-state index is -0.834. The van der Waals surface area contributed by atoms with Gasteiger partial charge in [0.05, 0.1) is 6.54 Å². The van der Waals surface area contributed by atoms with Gasteiger partial charge < -0.3 is 5.32 Å². The van der Waals surface area contributed by atoms with Gasteiger partial charge in [0.25, 0.3) is 11.8 Å². The van der Waals surface area contributed by atoms with Crippen molar-refractivity contribution in [3.8, 4) is 0 Å². The number of hydrazine groups is 1. The Bertz CT molecular complexity index is 653. The first kappa shape index (κ1) is 17.9. The predicted octanol–water partition coefficient (Wildman–Crippen LogP) is 1.71. The molecule has 4 amide bonds. The second-order valence-corrected chi connectivity index (χ2v) is 8.15. The lowest BCUT2D eigenvalue weighted by Crippen LogP contribution is -2.52. The molecule has 2 aliphatic rings. The maximum atomic E-state index is 12.7. The smallest absolute Gasteiger partial charge is 0.322 e. The van der Waals surface area contributed by atoms with Gasteiger partial charge in [0.1, 0.15) is 5.54 Å². The Morgan fingerprint density at radius 1 is 1.44 bits per heavy atom. The zero-order valence-corrected chi connectivity index (χ0v) is 15.4. The van der Waals surface area contributed by atoms with E-state index in [1.54, 1.807) is 11.3 Å². The fourth-order valence-corrected chi connectivity index (χ4v) is 4.23. The Morgan fingerprint density at radius 3 is 2.80 bits per heavy atom. The van der Waals surface area contributed by atoms with Crippen molar-refractivity contribution in [1.29, 1.82) is 0 Å². The lowest BCUT2D eigenvalue weighted by Gasteiger charge is -2.33. The van der Waals surface area contributed by atoms with Crippen molar-refractivity contribution in [1.82, 2.24) is 20.7 Å². The topological polar surface area (TPSA) is 81.8 Å². The second-order valence-electron chi connectivity index (χ2n) is 7.12. The number of carbonyl (C=O) groups is 3. The molecule has 3 rings (SSSR count). The summed E-state index contributed by atoms with van der Waals surface area (Å²) in [5.74, 6) is -0.146. The molecule has 2 heterocycles. The Morgan fingerprint density at radius 2 is 2.16 bits per heavy atom. The van der Waals surface area contributed by atoms with Crippen LogP contribution in [0.3, 0.4) is 0 Å². The summed E-state index contributed by atoms with van der Waals surface area (Å²) in [5, 5.41) is 5.64. The summed E-state index contributed by atoms with van der Waals surface area (Å²) in [6.45, 7) is 2.91. The molecule has 1 spiro atoms. The Labute approximate surface area is 151 Å². The number of hydrogen-bond acceptors (Lipinski definition) is 5. The standard InChI is InChI=1S/C17H24N4O3S/c1-12-5-7-17(8-6-12)15(23)21(16(24)18-17)19-14(22)11-20(2)10-13-4-3-9-25-13/h3-4,9,12H,5-8,10-11H2,1-2H3,(H,18,24)(H,19,22). The van der Waals surface area contributed by atoms with Crippen LogP contribution in [0, 0.1) is 5.92 Å². The minimum Gasteiger partial charge on any atom is -0.322 e. The third-order valence-electron chi connectivity index (χ3n) is 4.95. The van der Waals surface area contributed by atoms with Crippen LogP contribution in [0.25, 0.3) is 0 Å². The lowest BCUT2D eigenvalue weighted by atomic mass is 9.77. The molecule has 1 saturated carbocycles. The molecule has 1 aromatic heterocycles. The monoisotopic (exact) mass is 364 g/mol. The van der Waals surface area contributed by atoms with Crippen LogP contribution in [-0.4, -0.2) is 46.9 Å². The van der Waals surface area contributed by atoms with Crippen molar-refractivity contribution >= 4 is 29.2 Å². The van der Waals surface area contributed by atoms with Crippen LogP contribution >= 0.6 is 11.3 Å². The van der Waals surface area contributed by atoms with E-state index >= 15 is 0 Å². The molecule has 0 unspecified atom stereocenters. The van der Waals surface area contributed by atoms with Gasteiger partial charge in [0, 0.05) is 11.4 Å². The summed E-state index contributed by atoms with van der Waals surface area (Å²) >= 11 is 1.62. The highest BCUT2D eigenvalue weighted by atomic mass is 32.1. The van der Waals surface area contributed by atoms with Gasteiger partial charge in [-0.25, -0.2) is 4.79 Å². The predicted molar refractivity (Wildman–Crippen MR) is 94.5 cm³/mol. The van der Waals surface area contributed by atoms with E-state index in [4.69, 9.17) is 0 Å². The van der Waals surface area contributed by atoms with E-state index in [0.29, 0.717) is 25.3 Å². The normalized spacial score (nSPS) is 26.4. The summed E-state index contributed by atoms with van der Waals surface area (Å²) in [6, 6.07) is 3.43. The Kier molecular flexibility index (Phi) is 5.10. The quantitative estimate of drug-likeness (QED) is 0.780. The summed E-state index contributed by atoms with van der Waals surface area (Å²) in [6.07, 6.45) is 3.06. The maximum absolute atomic E-state index is 12.7. The number of imide groups is 1. The molecule has 136 valence electrons. The average molecular weight is 364 g/mol. The van der Waals surface area contributed by atoms with Crippen LogP contribution in [0.1, 0.15) is 37.5 Å². The molecule has 1 aliphatic carbocycles. The number of nitrogens with one attached hydrogen (secondary N) is 2. The minimum absolute atomic E-state index is 0.110. The van der Waals surface area contributed by atoms with E-state index in [2.05, 4.69) is 17.7 Å². The van der Waals surface area contributed by atoms with Gasteiger partial charge >= 0.3 is 6.03 Å². The zero-order valence-electron chi connectivity index (χ0n) is 14.6. The summed E-state index contributed by atoms with van der Waals surface area (Å²) in [7, 11) is 1.83. The third-order valence-corrected chi connectivity index (χ3v) is 5.81. The van der Waals surface area contributed by atoms with E-state index in [1.165, 1.54) is 0 Å². The van der Waals surface area contributed by atoms with Crippen molar-refractivity contribution in [2.45, 2.75) is 44.7 Å². The van der Waals surface area contributed by atoms with E-state index < -0.39 is 11.6 Å². The van der Waals surface area contributed by atoms with Crippen LogP contribution in [0.15, 0.2) is 17.5 Å². The molecule has 0 aromatic carbocycles. The van der Waals surface area contributed by atoms with Gasteiger partial charge in [0.2, 0.25) is 0 Å². The number of likely N-dealkylation sites (N-methyl/N-ethyl adjacent to an activating group) is 1. The SMILES string of the molecule is CC1CCC2(CC1)NC(=O)N(NC(=O)CN(C)Cc1cccs1)C2=O. The third kappa shape index (κ3) is 3.85. The average Bonchev–Trinajstić information content (AvgIpc) is 3.13. The first-order valence-electron chi connectivity index (χ1n) is 8.57. The highest BCUT2D eigenvalue weighted by Crippen LogP contribution is 2.35. The van der Waals surface area contributed by atoms with Crippen molar-refractivity contribution in [2.75, 3.05) is 13.6 Å². The van der Waals surface area contributed by atoms with Crippen molar-refractivity contribution in [3.05, 3.63) is 22.4 Å². The summed E-state index contributed by atoms with van der Waals surface area (Å²) in [5.41, 5.74) is 1.63. The number of hydrogen-bond donors (Lipinski definition) is 2. The van der Waals surface area contributed by atoms with E-state index in [1.807, 2.05) is 29.5 Å². The van der Waals surface area contributed by atoms with Crippen LogP contribution in [0.5, 0.6) is 0 Å². The van der Waals surface area contributed by atoms with Crippen molar-refractivity contribution < 1.29 is 14.4 Å². The molecular formula is C17H24N4O3S. The second kappa shape index (κ2) is 7.13. The summed E-state index contributed by atoms with van der Waals surface area (Å²) in [4.78, 5) is 40.1. The first-order chi connectivity index (χ1) is 11.9. The Balaban J connectivity index is 1.56. The highest BCUT2D eigenvalue weighted by molar-refractivity contribution is 7.09. The van der Waals surface area contributed by atoms with E-state index in [0.717, 1.165) is 22.7 Å². The van der Waals surface area contributed by atoms with Crippen molar-refractivity contribution in [3.63, 3.8) is 0 Å². The zero-order chi connectivity index (χ0) is 18.0. The largest absolute Gasteiger partial charge is 0.344 e. The molecule has 1 aliphatic heterocycles. The van der Waals surface area contributed by atoms with Crippen LogP contribution < -0.4 is 10.7 Å². The molecule has 2 fully saturated rings. The van der Waals surface area contributed by atoms with Gasteiger partial charge in [-0.3, -0.25) is 19.9 Å². The van der Waals surface area contributed by atoms with Gasteiger partial charge in [-0.15, -0.1) is 11.3 Å². The van der Waals surface area contributed by atoms with E-state index in [-0.39, 0.29) is 18.4 Å². The van der Waals surface area contributed by atoms with Gasteiger partial charge in [-0.2, -0.15) is 5.01 Å². The molecule has 2 N–H and O–H groups in total. The molecule has 7 nitrogen and oxygen atoms in total. The number of amides is 4. The Hall–Kier alpha value is -1.93. The maximum Gasteiger partial charge on any atom is 0.344 e. The first-order valence-corrected chi connectivity index (χ1v) is 9.45. The molecule has 0 radical (unpaired) electrons. The van der Waals surface area contributed by atoms with Crippen molar-refractivity contribution in [2.24, 2.45) is 5.92 Å². The molecule has 1 aromatic rings. The van der Waals surface area contributed by atoms with Crippen LogP contribution in [0.2, 0.25) is 0 Å².